The first kappa shape index (κ1) is 14.4. The van der Waals surface area contributed by atoms with Crippen LogP contribution in [0.5, 0.6) is 0 Å². The summed E-state index contributed by atoms with van der Waals surface area (Å²) in [4.78, 5) is 11.3. The van der Waals surface area contributed by atoms with E-state index in [1.54, 1.807) is 6.07 Å². The van der Waals surface area contributed by atoms with Crippen LogP contribution in [0.3, 0.4) is 0 Å². The highest BCUT2D eigenvalue weighted by Crippen LogP contribution is 2.29. The Morgan fingerprint density at radius 2 is 2.12 bits per heavy atom. The fraction of sp³-hybridized carbons (Fsp3) is 0.500. The van der Waals surface area contributed by atoms with E-state index >= 15 is 0 Å². The van der Waals surface area contributed by atoms with Gasteiger partial charge in [0.05, 0.1) is 0 Å². The highest BCUT2D eigenvalue weighted by molar-refractivity contribution is 9.10. The highest BCUT2D eigenvalue weighted by atomic mass is 79.9. The van der Waals surface area contributed by atoms with Gasteiger partial charge in [0.25, 0.3) is 0 Å². The third kappa shape index (κ3) is 4.23. The van der Waals surface area contributed by atoms with Crippen molar-refractivity contribution < 1.29 is 9.18 Å². The van der Waals surface area contributed by atoms with Crippen LogP contribution >= 0.6 is 15.9 Å². The summed E-state index contributed by atoms with van der Waals surface area (Å²) in [6, 6.07) is 4.99. The first-order valence-electron chi connectivity index (χ1n) is 6.05. The number of rotatable bonds is 6. The Morgan fingerprint density at radius 1 is 1.41 bits per heavy atom. The van der Waals surface area contributed by atoms with Crippen molar-refractivity contribution in [2.24, 2.45) is 0 Å². The maximum Gasteiger partial charge on any atom is 0.132 e. The normalized spacial score (nSPS) is 12.5. The topological polar surface area (TPSA) is 17.1 Å². The third-order valence-corrected chi connectivity index (χ3v) is 3.55. The number of ketones is 1. The molecule has 0 bridgehead atoms. The number of benzene rings is 1. The molecule has 1 rings (SSSR count). The van der Waals surface area contributed by atoms with Gasteiger partial charge in [0.15, 0.2) is 0 Å². The predicted molar refractivity (Wildman–Crippen MR) is 71.7 cm³/mol. The zero-order valence-corrected chi connectivity index (χ0v) is 11.9. The van der Waals surface area contributed by atoms with Gasteiger partial charge in [-0.3, -0.25) is 4.79 Å². The quantitative estimate of drug-likeness (QED) is 0.734. The Morgan fingerprint density at radius 3 is 2.71 bits per heavy atom. The number of hydrogen-bond acceptors (Lipinski definition) is 1. The lowest BCUT2D eigenvalue weighted by Crippen LogP contribution is -2.04. The summed E-state index contributed by atoms with van der Waals surface area (Å²) in [5, 5.41) is 0. The lowest BCUT2D eigenvalue weighted by Gasteiger charge is -2.16. The van der Waals surface area contributed by atoms with E-state index in [0.29, 0.717) is 18.4 Å². The summed E-state index contributed by atoms with van der Waals surface area (Å²) < 4.78 is 14.6. The van der Waals surface area contributed by atoms with Gasteiger partial charge in [0, 0.05) is 17.3 Å². The fourth-order valence-electron chi connectivity index (χ4n) is 1.92. The van der Waals surface area contributed by atoms with E-state index in [2.05, 4.69) is 15.9 Å². The lowest BCUT2D eigenvalue weighted by atomic mass is 9.90. The minimum atomic E-state index is -0.177. The van der Waals surface area contributed by atoms with E-state index in [1.807, 2.05) is 19.9 Å². The van der Waals surface area contributed by atoms with Crippen LogP contribution in [-0.4, -0.2) is 5.78 Å². The van der Waals surface area contributed by atoms with Crippen LogP contribution in [-0.2, 0) is 4.79 Å². The van der Waals surface area contributed by atoms with Gasteiger partial charge >= 0.3 is 0 Å². The SMILES string of the molecule is CCC(=O)CCC(CC)c1cc(Br)ccc1F. The van der Waals surface area contributed by atoms with Crippen molar-refractivity contribution in [2.75, 3.05) is 0 Å². The molecule has 0 saturated heterocycles. The van der Waals surface area contributed by atoms with Crippen LogP contribution in [0.15, 0.2) is 22.7 Å². The van der Waals surface area contributed by atoms with Crippen LogP contribution in [0, 0.1) is 5.82 Å². The van der Waals surface area contributed by atoms with Crippen LogP contribution < -0.4 is 0 Å². The molecule has 1 unspecified atom stereocenters. The molecule has 1 aromatic rings. The average Bonchev–Trinajstić information content (AvgIpc) is 2.33. The molecule has 94 valence electrons. The molecule has 0 aliphatic carbocycles. The molecule has 0 aliphatic rings. The summed E-state index contributed by atoms with van der Waals surface area (Å²) in [5.74, 6) is 0.200. The molecule has 0 saturated carbocycles. The molecule has 17 heavy (non-hydrogen) atoms. The molecule has 0 radical (unpaired) electrons. The van der Waals surface area contributed by atoms with Gasteiger partial charge in [-0.25, -0.2) is 4.39 Å². The molecule has 1 nitrogen and oxygen atoms in total. The zero-order chi connectivity index (χ0) is 12.8. The molecule has 1 aromatic carbocycles. The van der Waals surface area contributed by atoms with Gasteiger partial charge in [-0.05, 0) is 42.5 Å². The molecule has 0 amide bonds. The first-order chi connectivity index (χ1) is 8.08. The highest BCUT2D eigenvalue weighted by Gasteiger charge is 2.15. The molecule has 0 spiro atoms. The Bertz CT molecular complexity index is 390. The third-order valence-electron chi connectivity index (χ3n) is 3.06. The fourth-order valence-corrected chi connectivity index (χ4v) is 2.30. The predicted octanol–water partition coefficient (Wildman–Crippen LogP) is 4.84. The molecule has 0 N–H and O–H groups in total. The molecule has 0 heterocycles. The summed E-state index contributed by atoms with van der Waals surface area (Å²) in [7, 11) is 0. The van der Waals surface area contributed by atoms with E-state index in [-0.39, 0.29) is 17.5 Å². The summed E-state index contributed by atoms with van der Waals surface area (Å²) >= 11 is 3.35. The maximum absolute atomic E-state index is 13.7. The molecular formula is C14H18BrFO. The summed E-state index contributed by atoms with van der Waals surface area (Å²) in [6.45, 7) is 3.89. The van der Waals surface area contributed by atoms with Crippen molar-refractivity contribution in [1.82, 2.24) is 0 Å². The van der Waals surface area contributed by atoms with Gasteiger partial charge in [0.2, 0.25) is 0 Å². The zero-order valence-electron chi connectivity index (χ0n) is 10.3. The first-order valence-corrected chi connectivity index (χ1v) is 6.84. The van der Waals surface area contributed by atoms with Crippen LogP contribution in [0.1, 0.15) is 51.0 Å². The van der Waals surface area contributed by atoms with Crippen LogP contribution in [0.25, 0.3) is 0 Å². The minimum absolute atomic E-state index is 0.128. The average molecular weight is 301 g/mol. The molecule has 0 fully saturated rings. The van der Waals surface area contributed by atoms with Crippen molar-refractivity contribution in [3.63, 3.8) is 0 Å². The molecular weight excluding hydrogens is 283 g/mol. The Balaban J connectivity index is 2.78. The van der Waals surface area contributed by atoms with E-state index in [4.69, 9.17) is 0 Å². The molecule has 3 heteroatoms. The monoisotopic (exact) mass is 300 g/mol. The molecule has 0 aromatic heterocycles. The maximum atomic E-state index is 13.7. The number of carbonyl (C=O) groups excluding carboxylic acids is 1. The van der Waals surface area contributed by atoms with Gasteiger partial charge in [0.1, 0.15) is 11.6 Å². The van der Waals surface area contributed by atoms with Gasteiger partial charge in [-0.1, -0.05) is 29.8 Å². The van der Waals surface area contributed by atoms with Gasteiger partial charge in [-0.15, -0.1) is 0 Å². The standard InChI is InChI=1S/C14H18BrFO/c1-3-10(5-7-12(17)4-2)13-9-11(15)6-8-14(13)16/h6,8-10H,3-5,7H2,1-2H3. The minimum Gasteiger partial charge on any atom is -0.300 e. The van der Waals surface area contributed by atoms with E-state index in [9.17, 15) is 9.18 Å². The van der Waals surface area contributed by atoms with E-state index in [1.165, 1.54) is 6.07 Å². The van der Waals surface area contributed by atoms with Crippen molar-refractivity contribution in [3.05, 3.63) is 34.1 Å². The van der Waals surface area contributed by atoms with Gasteiger partial charge in [-0.2, -0.15) is 0 Å². The smallest absolute Gasteiger partial charge is 0.132 e. The Labute approximate surface area is 111 Å². The van der Waals surface area contributed by atoms with Crippen molar-refractivity contribution in [3.8, 4) is 0 Å². The Kier molecular flexibility index (Phi) is 5.83. The van der Waals surface area contributed by atoms with Crippen molar-refractivity contribution in [2.45, 2.75) is 45.4 Å². The lowest BCUT2D eigenvalue weighted by molar-refractivity contribution is -0.118. The largest absolute Gasteiger partial charge is 0.300 e. The van der Waals surface area contributed by atoms with E-state index in [0.717, 1.165) is 17.3 Å². The van der Waals surface area contributed by atoms with Crippen LogP contribution in [0.2, 0.25) is 0 Å². The number of carbonyl (C=O) groups is 1. The second-order valence-corrected chi connectivity index (χ2v) is 5.12. The second-order valence-electron chi connectivity index (χ2n) is 4.20. The number of Topliss-reactive ketones (excluding diaryl/α,β-unsaturated/α-hetero) is 1. The van der Waals surface area contributed by atoms with E-state index < -0.39 is 0 Å². The van der Waals surface area contributed by atoms with Crippen molar-refractivity contribution >= 4 is 21.7 Å². The number of halogens is 2. The second kappa shape index (κ2) is 6.90. The summed E-state index contributed by atoms with van der Waals surface area (Å²) in [6.07, 6.45) is 2.69. The number of hydrogen-bond donors (Lipinski definition) is 0. The summed E-state index contributed by atoms with van der Waals surface area (Å²) in [5.41, 5.74) is 0.714. The van der Waals surface area contributed by atoms with Crippen molar-refractivity contribution in [1.29, 1.82) is 0 Å². The Hall–Kier alpha value is -0.700. The molecule has 1 atom stereocenters. The molecule has 0 aliphatic heterocycles. The van der Waals surface area contributed by atoms with Crippen LogP contribution in [0.4, 0.5) is 4.39 Å². The van der Waals surface area contributed by atoms with Gasteiger partial charge < -0.3 is 0 Å².